The Morgan fingerprint density at radius 2 is 1.85 bits per heavy atom. The van der Waals surface area contributed by atoms with Crippen LogP contribution < -0.4 is 14.8 Å². The van der Waals surface area contributed by atoms with E-state index >= 15 is 0 Å². The van der Waals surface area contributed by atoms with Gasteiger partial charge in [0.1, 0.15) is 11.5 Å². The Balaban J connectivity index is 1.83. The maximum atomic E-state index is 12.3. The van der Waals surface area contributed by atoms with Gasteiger partial charge < -0.3 is 14.8 Å². The molecule has 26 heavy (non-hydrogen) atoms. The van der Waals surface area contributed by atoms with E-state index in [2.05, 4.69) is 12.2 Å². The monoisotopic (exact) mass is 375 g/mol. The van der Waals surface area contributed by atoms with Crippen LogP contribution in [0.25, 0.3) is 0 Å². The fourth-order valence-electron chi connectivity index (χ4n) is 2.40. The number of benzene rings is 2. The molecule has 0 radical (unpaired) electrons. The first kappa shape index (κ1) is 20.1. The van der Waals surface area contributed by atoms with Crippen LogP contribution in [0.3, 0.4) is 0 Å². The average Bonchev–Trinajstić information content (AvgIpc) is 2.64. The lowest BCUT2D eigenvalue weighted by Crippen LogP contribution is -2.30. The van der Waals surface area contributed by atoms with Gasteiger partial charge in [0.15, 0.2) is 6.10 Å². The summed E-state index contributed by atoms with van der Waals surface area (Å²) in [5.41, 5.74) is 0.688. The third-order valence-electron chi connectivity index (χ3n) is 3.86. The van der Waals surface area contributed by atoms with Crippen LogP contribution in [0.15, 0.2) is 48.5 Å². The number of rotatable bonds is 10. The van der Waals surface area contributed by atoms with Gasteiger partial charge in [-0.25, -0.2) is 0 Å². The molecule has 2 aromatic rings. The second kappa shape index (κ2) is 10.7. The number of hydrogen-bond donors (Lipinski definition) is 1. The fourth-order valence-corrected chi connectivity index (χ4v) is 2.52. The number of carbonyl (C=O) groups excluding carboxylic acids is 1. The smallest absolute Gasteiger partial charge is 0.265 e. The molecular weight excluding hydrogens is 350 g/mol. The first-order valence-electron chi connectivity index (χ1n) is 9.04. The lowest BCUT2D eigenvalue weighted by Gasteiger charge is -2.15. The number of anilines is 1. The number of nitrogens with one attached hydrogen (secondary N) is 1. The first-order valence-corrected chi connectivity index (χ1v) is 9.42. The molecule has 5 heteroatoms. The second-order valence-corrected chi connectivity index (χ2v) is 6.58. The molecule has 0 heterocycles. The van der Waals surface area contributed by atoms with E-state index in [0.29, 0.717) is 23.1 Å². The number of carbonyl (C=O) groups is 1. The SMILES string of the molecule is CCCCCCOc1cccc(NC(=O)C(C)Oc2ccc(Cl)cc2)c1. The third kappa shape index (κ3) is 6.96. The van der Waals surface area contributed by atoms with Gasteiger partial charge in [0.25, 0.3) is 5.91 Å². The maximum absolute atomic E-state index is 12.3. The topological polar surface area (TPSA) is 47.6 Å². The van der Waals surface area contributed by atoms with Crippen LogP contribution in [0.4, 0.5) is 5.69 Å². The standard InChI is InChI=1S/C21H26ClNO3/c1-3-4-5-6-14-25-20-9-7-8-18(15-20)23-21(24)16(2)26-19-12-10-17(22)11-13-19/h7-13,15-16H,3-6,14H2,1-2H3,(H,23,24). The molecule has 1 atom stereocenters. The van der Waals surface area contributed by atoms with Crippen molar-refractivity contribution in [2.45, 2.75) is 45.6 Å². The van der Waals surface area contributed by atoms with Gasteiger partial charge in [-0.15, -0.1) is 0 Å². The molecule has 1 amide bonds. The summed E-state index contributed by atoms with van der Waals surface area (Å²) in [5.74, 6) is 1.13. The lowest BCUT2D eigenvalue weighted by atomic mass is 10.2. The summed E-state index contributed by atoms with van der Waals surface area (Å²) in [6, 6.07) is 14.3. The van der Waals surface area contributed by atoms with Gasteiger partial charge in [0.05, 0.1) is 6.61 Å². The van der Waals surface area contributed by atoms with Crippen molar-refractivity contribution >= 4 is 23.2 Å². The molecule has 2 rings (SSSR count). The van der Waals surface area contributed by atoms with Crippen LogP contribution in [0.1, 0.15) is 39.5 Å². The minimum atomic E-state index is -0.630. The Hall–Kier alpha value is -2.20. The molecule has 140 valence electrons. The summed E-state index contributed by atoms with van der Waals surface area (Å²) in [6.07, 6.45) is 4.01. The quantitative estimate of drug-likeness (QED) is 0.541. The molecule has 0 aliphatic carbocycles. The molecule has 0 aliphatic heterocycles. The normalized spacial score (nSPS) is 11.7. The van der Waals surface area contributed by atoms with E-state index < -0.39 is 6.10 Å². The van der Waals surface area contributed by atoms with Crippen molar-refractivity contribution < 1.29 is 14.3 Å². The number of hydrogen-bond acceptors (Lipinski definition) is 3. The van der Waals surface area contributed by atoms with Gasteiger partial charge in [-0.2, -0.15) is 0 Å². The Morgan fingerprint density at radius 3 is 2.58 bits per heavy atom. The highest BCUT2D eigenvalue weighted by Gasteiger charge is 2.15. The molecule has 0 saturated heterocycles. The summed E-state index contributed by atoms with van der Waals surface area (Å²) in [6.45, 7) is 4.58. The average molecular weight is 376 g/mol. The highest BCUT2D eigenvalue weighted by Crippen LogP contribution is 2.20. The molecule has 0 aliphatic rings. The highest BCUT2D eigenvalue weighted by atomic mass is 35.5. The van der Waals surface area contributed by atoms with E-state index in [1.165, 1.54) is 19.3 Å². The van der Waals surface area contributed by atoms with E-state index in [1.54, 1.807) is 31.2 Å². The summed E-state index contributed by atoms with van der Waals surface area (Å²) in [4.78, 5) is 12.3. The second-order valence-electron chi connectivity index (χ2n) is 6.14. The van der Waals surface area contributed by atoms with Crippen LogP contribution in [-0.2, 0) is 4.79 Å². The molecule has 1 unspecified atom stereocenters. The largest absolute Gasteiger partial charge is 0.494 e. The van der Waals surface area contributed by atoms with Gasteiger partial charge in [-0.05, 0) is 49.7 Å². The Labute approximate surface area is 160 Å². The third-order valence-corrected chi connectivity index (χ3v) is 4.12. The first-order chi connectivity index (χ1) is 12.6. The molecule has 0 aromatic heterocycles. The molecule has 0 saturated carbocycles. The number of amides is 1. The fraction of sp³-hybridized carbons (Fsp3) is 0.381. The molecule has 0 fully saturated rings. The van der Waals surface area contributed by atoms with Crippen molar-refractivity contribution in [2.75, 3.05) is 11.9 Å². The van der Waals surface area contributed by atoms with Gasteiger partial charge in [0, 0.05) is 16.8 Å². The van der Waals surface area contributed by atoms with Gasteiger partial charge in [-0.1, -0.05) is 43.9 Å². The lowest BCUT2D eigenvalue weighted by molar-refractivity contribution is -0.122. The van der Waals surface area contributed by atoms with Crippen LogP contribution in [0.2, 0.25) is 5.02 Å². The number of ether oxygens (including phenoxy) is 2. The van der Waals surface area contributed by atoms with Crippen LogP contribution in [0.5, 0.6) is 11.5 Å². The number of halogens is 1. The summed E-state index contributed by atoms with van der Waals surface area (Å²) >= 11 is 5.85. The van der Waals surface area contributed by atoms with Gasteiger partial charge in [0.2, 0.25) is 0 Å². The van der Waals surface area contributed by atoms with E-state index in [0.717, 1.165) is 12.2 Å². The van der Waals surface area contributed by atoms with Crippen molar-refractivity contribution in [3.63, 3.8) is 0 Å². The molecule has 2 aromatic carbocycles. The van der Waals surface area contributed by atoms with Crippen molar-refractivity contribution in [2.24, 2.45) is 0 Å². The summed E-state index contributed by atoms with van der Waals surface area (Å²) < 4.78 is 11.4. The Morgan fingerprint density at radius 1 is 1.08 bits per heavy atom. The highest BCUT2D eigenvalue weighted by molar-refractivity contribution is 6.30. The van der Waals surface area contributed by atoms with Crippen molar-refractivity contribution in [3.05, 3.63) is 53.6 Å². The predicted octanol–water partition coefficient (Wildman–Crippen LogP) is 5.71. The van der Waals surface area contributed by atoms with Crippen molar-refractivity contribution in [1.82, 2.24) is 0 Å². The van der Waals surface area contributed by atoms with E-state index in [9.17, 15) is 4.79 Å². The molecular formula is C21H26ClNO3. The minimum Gasteiger partial charge on any atom is -0.494 e. The zero-order valence-electron chi connectivity index (χ0n) is 15.3. The molecule has 4 nitrogen and oxygen atoms in total. The minimum absolute atomic E-state index is 0.222. The van der Waals surface area contributed by atoms with E-state index in [4.69, 9.17) is 21.1 Å². The molecule has 1 N–H and O–H groups in total. The summed E-state index contributed by atoms with van der Waals surface area (Å²) in [5, 5.41) is 3.48. The Kier molecular flexibility index (Phi) is 8.29. The van der Waals surface area contributed by atoms with Gasteiger partial charge in [-0.3, -0.25) is 4.79 Å². The predicted molar refractivity (Wildman–Crippen MR) is 106 cm³/mol. The van der Waals surface area contributed by atoms with E-state index in [1.807, 2.05) is 24.3 Å². The zero-order chi connectivity index (χ0) is 18.8. The number of unbranched alkanes of at least 4 members (excludes halogenated alkanes) is 3. The Bertz CT molecular complexity index is 688. The van der Waals surface area contributed by atoms with Crippen LogP contribution in [0, 0.1) is 0 Å². The van der Waals surface area contributed by atoms with Crippen molar-refractivity contribution in [1.29, 1.82) is 0 Å². The van der Waals surface area contributed by atoms with E-state index in [-0.39, 0.29) is 5.91 Å². The molecule has 0 bridgehead atoms. The zero-order valence-corrected chi connectivity index (χ0v) is 16.1. The molecule has 0 spiro atoms. The van der Waals surface area contributed by atoms with Crippen LogP contribution >= 0.6 is 11.6 Å². The van der Waals surface area contributed by atoms with Crippen LogP contribution in [-0.4, -0.2) is 18.6 Å². The van der Waals surface area contributed by atoms with Crippen molar-refractivity contribution in [3.8, 4) is 11.5 Å². The van der Waals surface area contributed by atoms with Gasteiger partial charge >= 0.3 is 0 Å². The summed E-state index contributed by atoms with van der Waals surface area (Å²) in [7, 11) is 0. The maximum Gasteiger partial charge on any atom is 0.265 e.